The van der Waals surface area contributed by atoms with Crippen LogP contribution < -0.4 is 5.32 Å². The first-order valence-corrected chi connectivity index (χ1v) is 10.9. The Balaban J connectivity index is 1.97. The van der Waals surface area contributed by atoms with Crippen molar-refractivity contribution in [1.29, 1.82) is 0 Å². The molecule has 1 heteroatoms. The molecule has 1 nitrogen and oxygen atoms in total. The van der Waals surface area contributed by atoms with E-state index in [1.807, 2.05) is 0 Å². The van der Waals surface area contributed by atoms with Crippen molar-refractivity contribution in [2.75, 3.05) is 13.1 Å². The highest BCUT2D eigenvalue weighted by atomic mass is 14.8. The molecular formula is C22H45N. The van der Waals surface area contributed by atoms with Gasteiger partial charge in [-0.05, 0) is 56.0 Å². The van der Waals surface area contributed by atoms with Crippen molar-refractivity contribution in [2.24, 2.45) is 23.7 Å². The topological polar surface area (TPSA) is 12.0 Å². The Labute approximate surface area is 147 Å². The first-order chi connectivity index (χ1) is 11.1. The first kappa shape index (κ1) is 21.0. The Morgan fingerprint density at radius 1 is 0.870 bits per heavy atom. The number of unbranched alkanes of at least 4 members (excludes halogenated alkanes) is 7. The Hall–Kier alpha value is -0.0400. The lowest BCUT2D eigenvalue weighted by molar-refractivity contribution is 0.133. The summed E-state index contributed by atoms with van der Waals surface area (Å²) in [6.07, 6.45) is 17.6. The van der Waals surface area contributed by atoms with E-state index < -0.39 is 0 Å². The quantitative estimate of drug-likeness (QED) is 0.367. The maximum atomic E-state index is 3.41. The Kier molecular flexibility index (Phi) is 12.1. The number of hydrogen-bond acceptors (Lipinski definition) is 1. The summed E-state index contributed by atoms with van der Waals surface area (Å²) in [6.45, 7) is 11.9. The molecule has 0 radical (unpaired) electrons. The van der Waals surface area contributed by atoms with Crippen LogP contribution in [0.2, 0.25) is 0 Å². The zero-order chi connectivity index (χ0) is 16.9. The molecule has 0 aromatic rings. The standard InChI is InChI=1S/C22H45N/c1-5-23-17-13-11-9-7-6-8-10-12-14-21-18-20(4)15-16-22(21)19(2)3/h19-23H,5-18H2,1-4H3. The van der Waals surface area contributed by atoms with Crippen molar-refractivity contribution >= 4 is 0 Å². The molecule has 3 unspecified atom stereocenters. The summed E-state index contributed by atoms with van der Waals surface area (Å²) in [5.74, 6) is 3.93. The third kappa shape index (κ3) is 9.75. The second-order valence-electron chi connectivity index (χ2n) is 8.56. The third-order valence-corrected chi connectivity index (χ3v) is 6.09. The summed E-state index contributed by atoms with van der Waals surface area (Å²) in [6, 6.07) is 0. The van der Waals surface area contributed by atoms with Gasteiger partial charge in [-0.2, -0.15) is 0 Å². The number of nitrogens with one attached hydrogen (secondary N) is 1. The largest absolute Gasteiger partial charge is 0.317 e. The van der Waals surface area contributed by atoms with Crippen molar-refractivity contribution in [3.8, 4) is 0 Å². The van der Waals surface area contributed by atoms with Gasteiger partial charge in [0.1, 0.15) is 0 Å². The Morgan fingerprint density at radius 2 is 1.48 bits per heavy atom. The zero-order valence-electron chi connectivity index (χ0n) is 16.7. The van der Waals surface area contributed by atoms with Crippen molar-refractivity contribution in [3.63, 3.8) is 0 Å². The van der Waals surface area contributed by atoms with E-state index in [-0.39, 0.29) is 0 Å². The van der Waals surface area contributed by atoms with Crippen molar-refractivity contribution in [3.05, 3.63) is 0 Å². The summed E-state index contributed by atoms with van der Waals surface area (Å²) in [7, 11) is 0. The summed E-state index contributed by atoms with van der Waals surface area (Å²) in [5.41, 5.74) is 0. The van der Waals surface area contributed by atoms with E-state index >= 15 is 0 Å². The molecule has 138 valence electrons. The van der Waals surface area contributed by atoms with Crippen LogP contribution in [0.1, 0.15) is 105 Å². The highest BCUT2D eigenvalue weighted by Crippen LogP contribution is 2.40. The van der Waals surface area contributed by atoms with Gasteiger partial charge in [-0.15, -0.1) is 0 Å². The number of hydrogen-bond donors (Lipinski definition) is 1. The molecule has 0 bridgehead atoms. The second-order valence-corrected chi connectivity index (χ2v) is 8.56. The molecule has 0 aliphatic heterocycles. The Morgan fingerprint density at radius 3 is 2.09 bits per heavy atom. The van der Waals surface area contributed by atoms with E-state index in [2.05, 4.69) is 33.0 Å². The molecule has 1 saturated carbocycles. The lowest BCUT2D eigenvalue weighted by atomic mass is 9.68. The van der Waals surface area contributed by atoms with Crippen LogP contribution in [0.25, 0.3) is 0 Å². The van der Waals surface area contributed by atoms with Gasteiger partial charge in [-0.25, -0.2) is 0 Å². The smallest absolute Gasteiger partial charge is 0.00490 e. The zero-order valence-corrected chi connectivity index (χ0v) is 16.7. The number of rotatable bonds is 13. The van der Waals surface area contributed by atoms with Crippen molar-refractivity contribution < 1.29 is 0 Å². The minimum absolute atomic E-state index is 0.898. The fourth-order valence-electron chi connectivity index (χ4n) is 4.63. The molecule has 23 heavy (non-hydrogen) atoms. The summed E-state index contributed by atoms with van der Waals surface area (Å²) >= 11 is 0. The summed E-state index contributed by atoms with van der Waals surface area (Å²) in [4.78, 5) is 0. The molecule has 0 aromatic carbocycles. The summed E-state index contributed by atoms with van der Waals surface area (Å²) < 4.78 is 0. The normalized spacial score (nSPS) is 25.2. The van der Waals surface area contributed by atoms with Crippen LogP contribution in [-0.4, -0.2) is 13.1 Å². The van der Waals surface area contributed by atoms with E-state index in [1.165, 1.54) is 83.6 Å². The minimum Gasteiger partial charge on any atom is -0.317 e. The highest BCUT2D eigenvalue weighted by Gasteiger charge is 2.29. The third-order valence-electron chi connectivity index (χ3n) is 6.09. The molecule has 0 saturated heterocycles. The van der Waals surface area contributed by atoms with Gasteiger partial charge in [-0.1, -0.05) is 85.5 Å². The van der Waals surface area contributed by atoms with Gasteiger partial charge in [0.2, 0.25) is 0 Å². The van der Waals surface area contributed by atoms with Crippen LogP contribution in [0.5, 0.6) is 0 Å². The first-order valence-electron chi connectivity index (χ1n) is 10.9. The van der Waals surface area contributed by atoms with Crippen molar-refractivity contribution in [1.82, 2.24) is 5.32 Å². The highest BCUT2D eigenvalue weighted by molar-refractivity contribution is 4.80. The predicted molar refractivity (Wildman–Crippen MR) is 105 cm³/mol. The lowest BCUT2D eigenvalue weighted by Gasteiger charge is -2.37. The van der Waals surface area contributed by atoms with Gasteiger partial charge in [0, 0.05) is 0 Å². The van der Waals surface area contributed by atoms with Gasteiger partial charge in [-0.3, -0.25) is 0 Å². The Bertz CT molecular complexity index is 261. The van der Waals surface area contributed by atoms with Gasteiger partial charge in [0.15, 0.2) is 0 Å². The average molecular weight is 324 g/mol. The molecule has 0 heterocycles. The average Bonchev–Trinajstić information content (AvgIpc) is 2.52. The van der Waals surface area contributed by atoms with Crippen LogP contribution in [0, 0.1) is 23.7 Å². The lowest BCUT2D eigenvalue weighted by Crippen LogP contribution is -2.27. The molecule has 1 aliphatic rings. The van der Waals surface area contributed by atoms with Crippen LogP contribution >= 0.6 is 0 Å². The fourth-order valence-corrected chi connectivity index (χ4v) is 4.63. The molecule has 3 atom stereocenters. The predicted octanol–water partition coefficient (Wildman–Crippen LogP) is 6.82. The monoisotopic (exact) mass is 323 g/mol. The SMILES string of the molecule is CCNCCCCCCCCCCC1CC(C)CCC1C(C)C. The molecule has 1 rings (SSSR count). The van der Waals surface area contributed by atoms with Gasteiger partial charge in [0.05, 0.1) is 0 Å². The van der Waals surface area contributed by atoms with Gasteiger partial charge < -0.3 is 5.32 Å². The minimum atomic E-state index is 0.898. The molecular weight excluding hydrogens is 278 g/mol. The molecule has 0 spiro atoms. The van der Waals surface area contributed by atoms with E-state index in [0.29, 0.717) is 0 Å². The second kappa shape index (κ2) is 13.3. The maximum absolute atomic E-state index is 3.41. The molecule has 0 aromatic heterocycles. The summed E-state index contributed by atoms with van der Waals surface area (Å²) in [5, 5.41) is 3.41. The van der Waals surface area contributed by atoms with Crippen LogP contribution in [0.3, 0.4) is 0 Å². The van der Waals surface area contributed by atoms with E-state index in [9.17, 15) is 0 Å². The maximum Gasteiger partial charge on any atom is -0.00490 e. The van der Waals surface area contributed by atoms with Crippen LogP contribution in [-0.2, 0) is 0 Å². The molecule has 1 N–H and O–H groups in total. The fraction of sp³-hybridized carbons (Fsp3) is 1.00. The van der Waals surface area contributed by atoms with Gasteiger partial charge >= 0.3 is 0 Å². The van der Waals surface area contributed by atoms with E-state index in [0.717, 1.165) is 30.2 Å². The van der Waals surface area contributed by atoms with Crippen molar-refractivity contribution in [2.45, 2.75) is 105 Å². The molecule has 0 amide bonds. The molecule has 1 fully saturated rings. The van der Waals surface area contributed by atoms with Crippen LogP contribution in [0.4, 0.5) is 0 Å². The van der Waals surface area contributed by atoms with Gasteiger partial charge in [0.25, 0.3) is 0 Å². The van der Waals surface area contributed by atoms with Crippen LogP contribution in [0.15, 0.2) is 0 Å². The molecule has 1 aliphatic carbocycles. The van der Waals surface area contributed by atoms with E-state index in [1.54, 1.807) is 0 Å². The van der Waals surface area contributed by atoms with E-state index in [4.69, 9.17) is 0 Å².